The predicted molar refractivity (Wildman–Crippen MR) is 98.4 cm³/mol. The lowest BCUT2D eigenvalue weighted by atomic mass is 10.0. The molecule has 7 heteroatoms. The zero-order chi connectivity index (χ0) is 17.8. The van der Waals surface area contributed by atoms with Crippen LogP contribution in [0.5, 0.6) is 5.75 Å². The summed E-state index contributed by atoms with van der Waals surface area (Å²) in [6.07, 6.45) is 3.39. The molecule has 0 bridgehead atoms. The largest absolute Gasteiger partial charge is 0.495 e. The molecule has 0 spiro atoms. The van der Waals surface area contributed by atoms with Gasteiger partial charge in [-0.25, -0.2) is 0 Å². The molecule has 2 heterocycles. The Balaban J connectivity index is 1.77. The molecule has 0 radical (unpaired) electrons. The maximum Gasteiger partial charge on any atom is 0.233 e. The number of ether oxygens (including phenoxy) is 1. The summed E-state index contributed by atoms with van der Waals surface area (Å²) in [6.45, 7) is 4.89. The van der Waals surface area contributed by atoms with Crippen molar-refractivity contribution in [2.45, 2.75) is 44.3 Å². The highest BCUT2D eigenvalue weighted by atomic mass is 32.2. The molecule has 1 aliphatic rings. The standard InChI is InChI=1S/C18H24N4O2S/c1-13-8-6-7-11-21(13)17(23)12-25-18-20-19-14(2)22(18)15-9-4-5-10-16(15)24-3/h4-5,9-10,13H,6-8,11-12H2,1-3H3. The molecule has 134 valence electrons. The van der Waals surface area contributed by atoms with Gasteiger partial charge in [-0.2, -0.15) is 0 Å². The number of methoxy groups -OCH3 is 1. The third kappa shape index (κ3) is 3.81. The number of likely N-dealkylation sites (tertiary alicyclic amines) is 1. The van der Waals surface area contributed by atoms with Gasteiger partial charge in [0.25, 0.3) is 0 Å². The molecule has 1 atom stereocenters. The summed E-state index contributed by atoms with van der Waals surface area (Å²) >= 11 is 1.43. The van der Waals surface area contributed by atoms with E-state index in [9.17, 15) is 4.79 Å². The van der Waals surface area contributed by atoms with E-state index in [1.54, 1.807) is 7.11 Å². The third-order valence-electron chi connectivity index (χ3n) is 4.57. The highest BCUT2D eigenvalue weighted by molar-refractivity contribution is 7.99. The Morgan fingerprint density at radius 3 is 2.88 bits per heavy atom. The second-order valence-corrected chi connectivity index (χ2v) is 7.20. The van der Waals surface area contributed by atoms with Crippen LogP contribution in [-0.2, 0) is 4.79 Å². The SMILES string of the molecule is COc1ccccc1-n1c(C)nnc1SCC(=O)N1CCCCC1C. The van der Waals surface area contributed by atoms with E-state index in [1.807, 2.05) is 40.7 Å². The molecule has 1 amide bonds. The van der Waals surface area contributed by atoms with Gasteiger partial charge >= 0.3 is 0 Å². The van der Waals surface area contributed by atoms with Crippen LogP contribution in [0.3, 0.4) is 0 Å². The number of aromatic nitrogens is 3. The van der Waals surface area contributed by atoms with E-state index in [1.165, 1.54) is 18.2 Å². The van der Waals surface area contributed by atoms with Gasteiger partial charge in [0.05, 0.1) is 18.6 Å². The van der Waals surface area contributed by atoms with Crippen molar-refractivity contribution in [1.82, 2.24) is 19.7 Å². The molecule has 3 rings (SSSR count). The van der Waals surface area contributed by atoms with Gasteiger partial charge in [-0.3, -0.25) is 9.36 Å². The number of rotatable bonds is 5. The van der Waals surface area contributed by atoms with Crippen molar-refractivity contribution in [2.24, 2.45) is 0 Å². The van der Waals surface area contributed by atoms with Crippen LogP contribution in [0.2, 0.25) is 0 Å². The average Bonchev–Trinajstić information content (AvgIpc) is 3.00. The molecule has 2 aromatic rings. The highest BCUT2D eigenvalue weighted by Gasteiger charge is 2.24. The molecule has 1 unspecified atom stereocenters. The maximum atomic E-state index is 12.6. The van der Waals surface area contributed by atoms with Crippen molar-refractivity contribution in [3.8, 4) is 11.4 Å². The topological polar surface area (TPSA) is 60.2 Å². The Hall–Kier alpha value is -2.02. The molecule has 1 aromatic heterocycles. The van der Waals surface area contributed by atoms with Crippen LogP contribution in [0.25, 0.3) is 5.69 Å². The Labute approximate surface area is 152 Å². The van der Waals surface area contributed by atoms with Gasteiger partial charge in [-0.05, 0) is 45.2 Å². The van der Waals surface area contributed by atoms with Crippen molar-refractivity contribution in [3.05, 3.63) is 30.1 Å². The van der Waals surface area contributed by atoms with Crippen LogP contribution in [0.1, 0.15) is 32.0 Å². The number of carbonyl (C=O) groups is 1. The molecule has 25 heavy (non-hydrogen) atoms. The van der Waals surface area contributed by atoms with E-state index < -0.39 is 0 Å². The number of aryl methyl sites for hydroxylation is 1. The van der Waals surface area contributed by atoms with E-state index in [-0.39, 0.29) is 5.91 Å². The smallest absolute Gasteiger partial charge is 0.233 e. The number of piperidine rings is 1. The lowest BCUT2D eigenvalue weighted by Crippen LogP contribution is -2.42. The summed E-state index contributed by atoms with van der Waals surface area (Å²) in [5, 5.41) is 9.15. The zero-order valence-electron chi connectivity index (χ0n) is 14.9. The molecule has 1 aliphatic heterocycles. The number of amides is 1. The molecule has 0 aliphatic carbocycles. The maximum absolute atomic E-state index is 12.6. The molecule has 1 aromatic carbocycles. The minimum absolute atomic E-state index is 0.171. The molecule has 1 fully saturated rings. The van der Waals surface area contributed by atoms with E-state index in [2.05, 4.69) is 17.1 Å². The van der Waals surface area contributed by atoms with Crippen molar-refractivity contribution >= 4 is 17.7 Å². The summed E-state index contributed by atoms with van der Waals surface area (Å²) in [5.74, 6) is 2.07. The fourth-order valence-electron chi connectivity index (χ4n) is 3.21. The van der Waals surface area contributed by atoms with E-state index in [0.717, 1.165) is 36.6 Å². The summed E-state index contributed by atoms with van der Waals surface area (Å²) in [4.78, 5) is 14.6. The van der Waals surface area contributed by atoms with Gasteiger partial charge in [0, 0.05) is 12.6 Å². The molecule has 0 saturated carbocycles. The first-order chi connectivity index (χ1) is 12.1. The number of hydrogen-bond donors (Lipinski definition) is 0. The average molecular weight is 360 g/mol. The normalized spacial score (nSPS) is 17.6. The Kier molecular flexibility index (Phi) is 5.63. The quantitative estimate of drug-likeness (QED) is 0.767. The zero-order valence-corrected chi connectivity index (χ0v) is 15.8. The number of carbonyl (C=O) groups excluding carboxylic acids is 1. The Morgan fingerprint density at radius 2 is 2.12 bits per heavy atom. The van der Waals surface area contributed by atoms with Gasteiger partial charge < -0.3 is 9.64 Å². The van der Waals surface area contributed by atoms with Crippen molar-refractivity contribution in [2.75, 3.05) is 19.4 Å². The lowest BCUT2D eigenvalue weighted by Gasteiger charge is -2.33. The van der Waals surface area contributed by atoms with E-state index in [4.69, 9.17) is 4.74 Å². The van der Waals surface area contributed by atoms with E-state index >= 15 is 0 Å². The summed E-state index contributed by atoms with van der Waals surface area (Å²) < 4.78 is 7.39. The van der Waals surface area contributed by atoms with Gasteiger partial charge in [0.2, 0.25) is 5.91 Å². The summed E-state index contributed by atoms with van der Waals surface area (Å²) in [5.41, 5.74) is 0.883. The minimum Gasteiger partial charge on any atom is -0.495 e. The van der Waals surface area contributed by atoms with Crippen molar-refractivity contribution in [1.29, 1.82) is 0 Å². The molecular weight excluding hydrogens is 336 g/mol. The Morgan fingerprint density at radius 1 is 1.32 bits per heavy atom. The van der Waals surface area contributed by atoms with Crippen LogP contribution < -0.4 is 4.74 Å². The third-order valence-corrected chi connectivity index (χ3v) is 5.48. The molecule has 6 nitrogen and oxygen atoms in total. The molecule has 1 saturated heterocycles. The van der Waals surface area contributed by atoms with Crippen LogP contribution in [0.15, 0.2) is 29.4 Å². The number of nitrogens with zero attached hydrogens (tertiary/aromatic N) is 4. The fourth-order valence-corrected chi connectivity index (χ4v) is 4.08. The summed E-state index contributed by atoms with van der Waals surface area (Å²) in [6, 6.07) is 8.08. The first kappa shape index (κ1) is 17.8. The first-order valence-corrected chi connectivity index (χ1v) is 9.58. The molecule has 0 N–H and O–H groups in total. The number of thioether (sulfide) groups is 1. The van der Waals surface area contributed by atoms with Crippen LogP contribution in [0.4, 0.5) is 0 Å². The van der Waals surface area contributed by atoms with Crippen LogP contribution >= 0.6 is 11.8 Å². The first-order valence-electron chi connectivity index (χ1n) is 8.59. The molecular formula is C18H24N4O2S. The minimum atomic E-state index is 0.171. The Bertz CT molecular complexity index is 746. The van der Waals surface area contributed by atoms with Gasteiger partial charge in [0.15, 0.2) is 5.16 Å². The summed E-state index contributed by atoms with van der Waals surface area (Å²) in [7, 11) is 1.65. The predicted octanol–water partition coefficient (Wildman–Crippen LogP) is 3.08. The van der Waals surface area contributed by atoms with Crippen LogP contribution in [0, 0.1) is 6.92 Å². The number of hydrogen-bond acceptors (Lipinski definition) is 5. The van der Waals surface area contributed by atoms with Gasteiger partial charge in [-0.15, -0.1) is 10.2 Å². The number of para-hydroxylation sites is 2. The lowest BCUT2D eigenvalue weighted by molar-refractivity contribution is -0.131. The fraction of sp³-hybridized carbons (Fsp3) is 0.500. The van der Waals surface area contributed by atoms with Crippen molar-refractivity contribution < 1.29 is 9.53 Å². The van der Waals surface area contributed by atoms with E-state index in [0.29, 0.717) is 17.0 Å². The monoisotopic (exact) mass is 360 g/mol. The highest BCUT2D eigenvalue weighted by Crippen LogP contribution is 2.28. The van der Waals surface area contributed by atoms with Crippen molar-refractivity contribution in [3.63, 3.8) is 0 Å². The number of benzene rings is 1. The second-order valence-electron chi connectivity index (χ2n) is 6.26. The second kappa shape index (κ2) is 7.91. The van der Waals surface area contributed by atoms with Gasteiger partial charge in [0.1, 0.15) is 11.6 Å². The van der Waals surface area contributed by atoms with Gasteiger partial charge in [-0.1, -0.05) is 23.9 Å². The van der Waals surface area contributed by atoms with Crippen LogP contribution in [-0.4, -0.2) is 51.0 Å².